The monoisotopic (exact) mass is 577 g/mol. The van der Waals surface area contributed by atoms with E-state index in [1.54, 1.807) is 24.3 Å². The van der Waals surface area contributed by atoms with E-state index < -0.39 is 30.3 Å². The van der Waals surface area contributed by atoms with Crippen molar-refractivity contribution in [3.8, 4) is 0 Å². The number of β-amino-alcohol motifs (C(OH)–C–C–N with tert-alkyl or cyclic N) is 1. The average molecular weight is 578 g/mol. The molecule has 41 heavy (non-hydrogen) atoms. The molecule has 5 atom stereocenters. The van der Waals surface area contributed by atoms with Crippen LogP contribution in [0.15, 0.2) is 48.5 Å². The summed E-state index contributed by atoms with van der Waals surface area (Å²) in [5.74, 6) is -2.67. The van der Waals surface area contributed by atoms with Crippen molar-refractivity contribution in [2.45, 2.75) is 69.1 Å². The highest BCUT2D eigenvalue weighted by atomic mass is 19.4. The van der Waals surface area contributed by atoms with Gasteiger partial charge in [0.15, 0.2) is 6.29 Å². The second-order valence-corrected chi connectivity index (χ2v) is 10.8. The number of nitrogens with one attached hydrogen (secondary N) is 1. The minimum atomic E-state index is -5.03. The number of aliphatic hydroxyl groups is 2. The van der Waals surface area contributed by atoms with Gasteiger partial charge in [-0.2, -0.15) is 13.2 Å². The molecule has 0 aromatic heterocycles. The van der Waals surface area contributed by atoms with Gasteiger partial charge in [0.05, 0.1) is 24.9 Å². The molecular weight excluding hydrogens is 543 g/mol. The number of carbonyl (C=O) groups excluding carboxylic acids is 2. The molecule has 3 heterocycles. The third-order valence-corrected chi connectivity index (χ3v) is 7.83. The Bertz CT molecular complexity index is 1210. The number of benzene rings is 2. The molecule has 0 unspecified atom stereocenters. The number of amides is 2. The largest absolute Gasteiger partial charge is 0.471 e. The maximum atomic E-state index is 12.9. The van der Waals surface area contributed by atoms with E-state index >= 15 is 0 Å². The number of ether oxygens (including phenoxy) is 2. The zero-order chi connectivity index (χ0) is 29.1. The van der Waals surface area contributed by atoms with Crippen LogP contribution in [0.1, 0.15) is 54.8 Å². The molecule has 0 saturated carbocycles. The van der Waals surface area contributed by atoms with E-state index in [1.165, 1.54) is 0 Å². The third-order valence-electron chi connectivity index (χ3n) is 7.83. The lowest BCUT2D eigenvalue weighted by molar-refractivity contribution is -0.252. The number of alkyl halides is 3. The van der Waals surface area contributed by atoms with Crippen molar-refractivity contribution in [1.29, 1.82) is 0 Å². The van der Waals surface area contributed by atoms with E-state index in [9.17, 15) is 33.0 Å². The van der Waals surface area contributed by atoms with Gasteiger partial charge in [-0.25, -0.2) is 0 Å². The van der Waals surface area contributed by atoms with Gasteiger partial charge >= 0.3 is 12.1 Å². The zero-order valence-electron chi connectivity index (χ0n) is 22.4. The Morgan fingerprint density at radius 2 is 1.68 bits per heavy atom. The van der Waals surface area contributed by atoms with E-state index in [2.05, 4.69) is 10.2 Å². The molecular formula is C29H34F3N3O6. The Morgan fingerprint density at radius 1 is 0.976 bits per heavy atom. The van der Waals surface area contributed by atoms with Gasteiger partial charge in [-0.3, -0.25) is 14.5 Å². The number of hydrogen-bond donors (Lipinski definition) is 3. The van der Waals surface area contributed by atoms with Gasteiger partial charge in [-0.15, -0.1) is 0 Å². The fourth-order valence-corrected chi connectivity index (χ4v) is 5.69. The molecule has 3 aliphatic heterocycles. The molecule has 5 rings (SSSR count). The topological polar surface area (TPSA) is 112 Å². The highest BCUT2D eigenvalue weighted by Crippen LogP contribution is 2.38. The van der Waals surface area contributed by atoms with E-state index in [0.29, 0.717) is 42.1 Å². The van der Waals surface area contributed by atoms with Crippen molar-refractivity contribution < 1.29 is 42.4 Å². The maximum absolute atomic E-state index is 12.9. The fourth-order valence-electron chi connectivity index (χ4n) is 5.69. The van der Waals surface area contributed by atoms with Crippen LogP contribution in [-0.4, -0.2) is 82.4 Å². The quantitative estimate of drug-likeness (QED) is 0.463. The Kier molecular flexibility index (Phi) is 8.95. The molecule has 3 fully saturated rings. The van der Waals surface area contributed by atoms with Crippen molar-refractivity contribution >= 4 is 17.5 Å². The average Bonchev–Trinajstić information content (AvgIpc) is 3.61. The van der Waals surface area contributed by atoms with Gasteiger partial charge in [0.1, 0.15) is 6.04 Å². The number of anilines is 1. The van der Waals surface area contributed by atoms with Gasteiger partial charge in [0.2, 0.25) is 5.91 Å². The van der Waals surface area contributed by atoms with Gasteiger partial charge < -0.3 is 29.9 Å². The summed E-state index contributed by atoms with van der Waals surface area (Å²) >= 11 is 0. The molecule has 0 bridgehead atoms. The van der Waals surface area contributed by atoms with Gasteiger partial charge in [0, 0.05) is 43.9 Å². The maximum Gasteiger partial charge on any atom is 0.471 e. The van der Waals surface area contributed by atoms with Crippen molar-refractivity contribution in [2.24, 2.45) is 0 Å². The summed E-state index contributed by atoms with van der Waals surface area (Å²) in [4.78, 5) is 27.2. The Balaban J connectivity index is 1.27. The Hall–Kier alpha value is -3.03. The molecule has 9 nitrogen and oxygen atoms in total. The molecule has 2 aromatic carbocycles. The lowest BCUT2D eigenvalue weighted by Gasteiger charge is -2.37. The highest BCUT2D eigenvalue weighted by molar-refractivity contribution is 5.98. The first-order chi connectivity index (χ1) is 19.6. The lowest BCUT2D eigenvalue weighted by Crippen LogP contribution is -2.48. The first-order valence-corrected chi connectivity index (χ1v) is 13.8. The Labute approximate surface area is 235 Å². The molecule has 0 aliphatic carbocycles. The summed E-state index contributed by atoms with van der Waals surface area (Å²) < 4.78 is 51.5. The summed E-state index contributed by atoms with van der Waals surface area (Å²) in [7, 11) is 0. The lowest BCUT2D eigenvalue weighted by atomic mass is 9.99. The van der Waals surface area contributed by atoms with E-state index in [-0.39, 0.29) is 37.9 Å². The molecule has 12 heteroatoms. The van der Waals surface area contributed by atoms with Crippen LogP contribution in [0, 0.1) is 0 Å². The van der Waals surface area contributed by atoms with E-state index in [4.69, 9.17) is 9.47 Å². The number of nitrogens with zero attached hydrogens (tertiary/aromatic N) is 2. The molecule has 2 aromatic rings. The number of likely N-dealkylation sites (tertiary alicyclic amines) is 2. The van der Waals surface area contributed by atoms with E-state index in [0.717, 1.165) is 24.1 Å². The first-order valence-electron chi connectivity index (χ1n) is 13.8. The van der Waals surface area contributed by atoms with Crippen LogP contribution in [-0.2, 0) is 25.7 Å². The van der Waals surface area contributed by atoms with E-state index in [1.807, 2.05) is 24.3 Å². The molecule has 0 spiro atoms. The summed E-state index contributed by atoms with van der Waals surface area (Å²) in [6.07, 6.45) is -4.77. The third kappa shape index (κ3) is 7.07. The number of aliphatic hydroxyl groups excluding tert-OH is 2. The fraction of sp³-hybridized carbons (Fsp3) is 0.517. The molecule has 3 N–H and O–H groups in total. The number of hydrogen-bond acceptors (Lipinski definition) is 7. The van der Waals surface area contributed by atoms with Crippen molar-refractivity contribution in [3.63, 3.8) is 0 Å². The van der Waals surface area contributed by atoms with Gasteiger partial charge in [-0.05, 0) is 42.5 Å². The molecule has 3 saturated heterocycles. The predicted molar refractivity (Wildman–Crippen MR) is 141 cm³/mol. The minimum absolute atomic E-state index is 0.0578. The van der Waals surface area contributed by atoms with Gasteiger partial charge in [0.25, 0.3) is 0 Å². The molecule has 2 amide bonds. The molecule has 0 radical (unpaired) electrons. The van der Waals surface area contributed by atoms with Crippen molar-refractivity contribution in [1.82, 2.24) is 9.80 Å². The SMILES string of the molecule is O=C(Nc1ccc([C@@H]2O[C@H](CN3CC[C@H](O)C3)C[C@H](c3ccc(CO)cc3)O2)cc1)[C@@H]1CCCN1C(=O)C(F)(F)F. The zero-order valence-corrected chi connectivity index (χ0v) is 22.4. The van der Waals surface area contributed by atoms with Crippen LogP contribution in [0.3, 0.4) is 0 Å². The Morgan fingerprint density at radius 3 is 2.32 bits per heavy atom. The second-order valence-electron chi connectivity index (χ2n) is 10.8. The standard InChI is InChI=1S/C29H34F3N3O6/c30-29(31,32)28(39)35-12-1-2-24(35)26(38)33-21-9-7-20(8-10-21)27-40-23(16-34-13-11-22(37)15-34)14-25(41-27)19-5-3-18(17-36)4-6-19/h3-10,22-25,27,36-37H,1-2,11-17H2,(H,33,38)/t22-,23-,24-,25+,27+/m0/s1. The van der Waals surface area contributed by atoms with Crippen molar-refractivity contribution in [2.75, 3.05) is 31.5 Å². The summed E-state index contributed by atoms with van der Waals surface area (Å²) in [6.45, 7) is 1.82. The smallest absolute Gasteiger partial charge is 0.392 e. The van der Waals surface area contributed by atoms with Crippen LogP contribution >= 0.6 is 0 Å². The molecule has 3 aliphatic rings. The summed E-state index contributed by atoms with van der Waals surface area (Å²) in [5.41, 5.74) is 2.81. The van der Waals surface area contributed by atoms with Crippen LogP contribution in [0.4, 0.5) is 18.9 Å². The number of halogens is 3. The normalized spacial score (nSPS) is 27.2. The molecule has 222 valence electrons. The summed E-state index contributed by atoms with van der Waals surface area (Å²) in [5, 5.41) is 22.0. The highest BCUT2D eigenvalue weighted by Gasteiger charge is 2.47. The van der Waals surface area contributed by atoms with Crippen LogP contribution < -0.4 is 5.32 Å². The second kappa shape index (κ2) is 12.5. The first kappa shape index (κ1) is 29.5. The van der Waals surface area contributed by atoms with Crippen molar-refractivity contribution in [3.05, 3.63) is 65.2 Å². The number of carbonyl (C=O) groups is 2. The van der Waals surface area contributed by atoms with Gasteiger partial charge in [-0.1, -0.05) is 36.4 Å². The van der Waals surface area contributed by atoms with Crippen LogP contribution in [0.25, 0.3) is 0 Å². The van der Waals surface area contributed by atoms with Crippen LogP contribution in [0.5, 0.6) is 0 Å². The minimum Gasteiger partial charge on any atom is -0.392 e. The van der Waals surface area contributed by atoms with Crippen LogP contribution in [0.2, 0.25) is 0 Å². The number of rotatable bonds is 7. The summed E-state index contributed by atoms with van der Waals surface area (Å²) in [6, 6.07) is 13.0. The predicted octanol–water partition coefficient (Wildman–Crippen LogP) is 3.28.